The highest BCUT2D eigenvalue weighted by Gasteiger charge is 2.05. The number of rotatable bonds is 7. The molecule has 0 unspecified atom stereocenters. The first kappa shape index (κ1) is 16.2. The lowest BCUT2D eigenvalue weighted by Crippen LogP contribution is -2.34. The highest BCUT2D eigenvalue weighted by molar-refractivity contribution is 5.92. The summed E-state index contributed by atoms with van der Waals surface area (Å²) in [4.78, 5) is 23.1. The van der Waals surface area contributed by atoms with Gasteiger partial charge in [0.1, 0.15) is 0 Å². The Kier molecular flexibility index (Phi) is 6.73. The quantitative estimate of drug-likeness (QED) is 0.660. The molecule has 0 aliphatic rings. The maximum absolute atomic E-state index is 11.7. The zero-order valence-corrected chi connectivity index (χ0v) is 12.3. The van der Waals surface area contributed by atoms with Crippen molar-refractivity contribution in [3.63, 3.8) is 0 Å². The third-order valence-electron chi connectivity index (χ3n) is 2.68. The molecule has 0 atom stereocenters. The average Bonchev–Trinajstić information content (AvgIpc) is 2.37. The zero-order valence-electron chi connectivity index (χ0n) is 12.3. The Morgan fingerprint density at radius 1 is 1.15 bits per heavy atom. The van der Waals surface area contributed by atoms with Crippen LogP contribution in [-0.2, 0) is 9.59 Å². The SMILES string of the molecule is Cc1ccccc1NC(=O)CNCCC(=O)NC(C)C. The fraction of sp³-hybridized carbons (Fsp3) is 0.467. The van der Waals surface area contributed by atoms with Gasteiger partial charge in [0, 0.05) is 24.7 Å². The van der Waals surface area contributed by atoms with E-state index in [1.54, 1.807) is 0 Å². The summed E-state index contributed by atoms with van der Waals surface area (Å²) in [6.07, 6.45) is 0.371. The Morgan fingerprint density at radius 2 is 1.85 bits per heavy atom. The van der Waals surface area contributed by atoms with Crippen molar-refractivity contribution in [1.29, 1.82) is 0 Å². The van der Waals surface area contributed by atoms with Crippen molar-refractivity contribution in [2.24, 2.45) is 0 Å². The van der Waals surface area contributed by atoms with Gasteiger partial charge in [-0.05, 0) is 32.4 Å². The molecule has 0 aliphatic heterocycles. The third-order valence-corrected chi connectivity index (χ3v) is 2.68. The van der Waals surface area contributed by atoms with Gasteiger partial charge < -0.3 is 16.0 Å². The second-order valence-electron chi connectivity index (χ2n) is 5.01. The van der Waals surface area contributed by atoms with Gasteiger partial charge in [0.2, 0.25) is 11.8 Å². The van der Waals surface area contributed by atoms with Crippen molar-refractivity contribution in [1.82, 2.24) is 10.6 Å². The summed E-state index contributed by atoms with van der Waals surface area (Å²) in [6.45, 7) is 6.46. The van der Waals surface area contributed by atoms with Gasteiger partial charge in [-0.2, -0.15) is 0 Å². The summed E-state index contributed by atoms with van der Waals surface area (Å²) < 4.78 is 0. The molecule has 0 aromatic heterocycles. The van der Waals surface area contributed by atoms with E-state index in [-0.39, 0.29) is 24.4 Å². The highest BCUT2D eigenvalue weighted by Crippen LogP contribution is 2.12. The number of carbonyl (C=O) groups excluding carboxylic acids is 2. The van der Waals surface area contributed by atoms with Gasteiger partial charge in [-0.1, -0.05) is 18.2 Å². The van der Waals surface area contributed by atoms with E-state index in [1.165, 1.54) is 0 Å². The van der Waals surface area contributed by atoms with Crippen LogP contribution in [0.25, 0.3) is 0 Å². The van der Waals surface area contributed by atoms with Crippen molar-refractivity contribution in [2.75, 3.05) is 18.4 Å². The maximum Gasteiger partial charge on any atom is 0.238 e. The lowest BCUT2D eigenvalue weighted by molar-refractivity contribution is -0.121. The summed E-state index contributed by atoms with van der Waals surface area (Å²) in [5.74, 6) is -0.115. The summed E-state index contributed by atoms with van der Waals surface area (Å²) >= 11 is 0. The van der Waals surface area contributed by atoms with E-state index in [1.807, 2.05) is 45.0 Å². The van der Waals surface area contributed by atoms with Crippen LogP contribution in [-0.4, -0.2) is 30.9 Å². The molecule has 1 aromatic rings. The lowest BCUT2D eigenvalue weighted by Gasteiger charge is -2.10. The van der Waals surface area contributed by atoms with E-state index < -0.39 is 0 Å². The molecule has 0 radical (unpaired) electrons. The van der Waals surface area contributed by atoms with Crippen LogP contribution in [0.4, 0.5) is 5.69 Å². The Morgan fingerprint density at radius 3 is 2.50 bits per heavy atom. The van der Waals surface area contributed by atoms with Crippen LogP contribution in [0.15, 0.2) is 24.3 Å². The zero-order chi connectivity index (χ0) is 15.0. The van der Waals surface area contributed by atoms with E-state index in [0.29, 0.717) is 13.0 Å². The minimum atomic E-state index is -0.108. The molecular weight excluding hydrogens is 254 g/mol. The van der Waals surface area contributed by atoms with E-state index in [4.69, 9.17) is 0 Å². The highest BCUT2D eigenvalue weighted by atomic mass is 16.2. The number of amides is 2. The normalized spacial score (nSPS) is 10.4. The first-order valence-electron chi connectivity index (χ1n) is 6.84. The fourth-order valence-electron chi connectivity index (χ4n) is 1.71. The van der Waals surface area contributed by atoms with Gasteiger partial charge in [0.25, 0.3) is 0 Å². The number of carbonyl (C=O) groups is 2. The largest absolute Gasteiger partial charge is 0.354 e. The molecule has 5 nitrogen and oxygen atoms in total. The van der Waals surface area contributed by atoms with E-state index in [9.17, 15) is 9.59 Å². The Bertz CT molecular complexity index is 458. The second kappa shape index (κ2) is 8.32. The number of anilines is 1. The van der Waals surface area contributed by atoms with Crippen LogP contribution >= 0.6 is 0 Å². The number of hydrogen-bond donors (Lipinski definition) is 3. The van der Waals surface area contributed by atoms with Gasteiger partial charge in [-0.25, -0.2) is 0 Å². The molecule has 0 spiro atoms. The smallest absolute Gasteiger partial charge is 0.238 e. The molecule has 0 saturated carbocycles. The van der Waals surface area contributed by atoms with Gasteiger partial charge in [-0.15, -0.1) is 0 Å². The molecule has 2 amide bonds. The Balaban J connectivity index is 2.21. The van der Waals surface area contributed by atoms with Gasteiger partial charge in [0.05, 0.1) is 6.54 Å². The molecule has 0 saturated heterocycles. The minimum Gasteiger partial charge on any atom is -0.354 e. The van der Waals surface area contributed by atoms with Gasteiger partial charge >= 0.3 is 0 Å². The Hall–Kier alpha value is -1.88. The van der Waals surface area contributed by atoms with E-state index in [2.05, 4.69) is 16.0 Å². The minimum absolute atomic E-state index is 0.00758. The molecule has 0 heterocycles. The maximum atomic E-state index is 11.7. The third kappa shape index (κ3) is 6.33. The molecule has 1 aromatic carbocycles. The fourth-order valence-corrected chi connectivity index (χ4v) is 1.71. The van der Waals surface area contributed by atoms with E-state index >= 15 is 0 Å². The van der Waals surface area contributed by atoms with Crippen molar-refractivity contribution < 1.29 is 9.59 Å². The lowest BCUT2D eigenvalue weighted by atomic mass is 10.2. The average molecular weight is 277 g/mol. The Labute approximate surface area is 120 Å². The van der Waals surface area contributed by atoms with Gasteiger partial charge in [0.15, 0.2) is 0 Å². The number of hydrogen-bond acceptors (Lipinski definition) is 3. The molecule has 110 valence electrons. The molecule has 0 aliphatic carbocycles. The van der Waals surface area contributed by atoms with Crippen LogP contribution in [0, 0.1) is 6.92 Å². The topological polar surface area (TPSA) is 70.2 Å². The standard InChI is InChI=1S/C15H23N3O2/c1-11(2)17-14(19)8-9-16-10-15(20)18-13-7-5-4-6-12(13)3/h4-7,11,16H,8-10H2,1-3H3,(H,17,19)(H,18,20). The first-order valence-corrected chi connectivity index (χ1v) is 6.84. The number of aryl methyl sites for hydroxylation is 1. The molecule has 20 heavy (non-hydrogen) atoms. The summed E-state index contributed by atoms with van der Waals surface area (Å²) in [5, 5.41) is 8.58. The molecule has 0 bridgehead atoms. The number of nitrogens with one attached hydrogen (secondary N) is 3. The predicted molar refractivity (Wildman–Crippen MR) is 80.6 cm³/mol. The van der Waals surface area contributed by atoms with Crippen molar-refractivity contribution in [3.8, 4) is 0 Å². The second-order valence-corrected chi connectivity index (χ2v) is 5.01. The predicted octanol–water partition coefficient (Wildman–Crippen LogP) is 1.44. The van der Waals surface area contributed by atoms with Crippen molar-refractivity contribution in [3.05, 3.63) is 29.8 Å². The monoisotopic (exact) mass is 277 g/mol. The molecule has 1 rings (SSSR count). The summed E-state index contributed by atoms with van der Waals surface area (Å²) in [6, 6.07) is 7.76. The molecular formula is C15H23N3O2. The van der Waals surface area contributed by atoms with Crippen LogP contribution < -0.4 is 16.0 Å². The summed E-state index contributed by atoms with van der Waals surface area (Å²) in [7, 11) is 0. The van der Waals surface area contributed by atoms with Crippen LogP contribution in [0.1, 0.15) is 25.8 Å². The molecule has 3 N–H and O–H groups in total. The van der Waals surface area contributed by atoms with Crippen molar-refractivity contribution in [2.45, 2.75) is 33.2 Å². The van der Waals surface area contributed by atoms with Crippen LogP contribution in [0.5, 0.6) is 0 Å². The molecule has 0 fully saturated rings. The first-order chi connectivity index (χ1) is 9.49. The summed E-state index contributed by atoms with van der Waals surface area (Å²) in [5.41, 5.74) is 1.84. The van der Waals surface area contributed by atoms with Crippen molar-refractivity contribution >= 4 is 17.5 Å². The number of para-hydroxylation sites is 1. The van der Waals surface area contributed by atoms with Crippen LogP contribution in [0.3, 0.4) is 0 Å². The number of benzene rings is 1. The van der Waals surface area contributed by atoms with Crippen LogP contribution in [0.2, 0.25) is 0 Å². The molecule has 5 heteroatoms. The van der Waals surface area contributed by atoms with Gasteiger partial charge in [-0.3, -0.25) is 9.59 Å². The van der Waals surface area contributed by atoms with E-state index in [0.717, 1.165) is 11.3 Å².